The maximum absolute atomic E-state index is 3.51. The fourth-order valence-corrected chi connectivity index (χ4v) is 2.91. The zero-order chi connectivity index (χ0) is 11.8. The fraction of sp³-hybridized carbons (Fsp3) is 0.385. The van der Waals surface area contributed by atoms with Gasteiger partial charge in [0.2, 0.25) is 0 Å². The number of hydrogen-bond donors (Lipinski definition) is 2. The number of benzene rings is 1. The van der Waals surface area contributed by atoms with E-state index < -0.39 is 0 Å². The summed E-state index contributed by atoms with van der Waals surface area (Å²) in [5.41, 5.74) is 2.59. The standard InChI is InChI=1S/C13H16BrN3/c1-17-5-4-15-8-13(17)11-7-16-12-6-9(14)2-3-10(11)12/h2-3,6-7,13,15-16H,4-5,8H2,1H3. The molecule has 1 fully saturated rings. The molecule has 0 bridgehead atoms. The van der Waals surface area contributed by atoms with Gasteiger partial charge in [-0.15, -0.1) is 0 Å². The Bertz CT molecular complexity index is 534. The van der Waals surface area contributed by atoms with Gasteiger partial charge in [0.15, 0.2) is 0 Å². The van der Waals surface area contributed by atoms with Gasteiger partial charge in [-0.2, -0.15) is 0 Å². The molecule has 0 aliphatic carbocycles. The quantitative estimate of drug-likeness (QED) is 0.846. The van der Waals surface area contributed by atoms with Gasteiger partial charge in [0.25, 0.3) is 0 Å². The lowest BCUT2D eigenvalue weighted by Gasteiger charge is -2.33. The highest BCUT2D eigenvalue weighted by atomic mass is 79.9. The van der Waals surface area contributed by atoms with Crippen molar-refractivity contribution in [3.8, 4) is 0 Å². The molecule has 2 aromatic rings. The molecule has 4 heteroatoms. The molecule has 0 spiro atoms. The second-order valence-electron chi connectivity index (χ2n) is 4.63. The molecule has 90 valence electrons. The van der Waals surface area contributed by atoms with E-state index in [1.165, 1.54) is 16.5 Å². The number of nitrogens with one attached hydrogen (secondary N) is 2. The van der Waals surface area contributed by atoms with Crippen LogP contribution in [0.15, 0.2) is 28.9 Å². The van der Waals surface area contributed by atoms with E-state index in [4.69, 9.17) is 0 Å². The van der Waals surface area contributed by atoms with Gasteiger partial charge in [-0.1, -0.05) is 22.0 Å². The van der Waals surface area contributed by atoms with Crippen LogP contribution in [-0.4, -0.2) is 36.6 Å². The monoisotopic (exact) mass is 293 g/mol. The van der Waals surface area contributed by atoms with Crippen LogP contribution in [0.25, 0.3) is 10.9 Å². The van der Waals surface area contributed by atoms with E-state index in [0.717, 1.165) is 24.1 Å². The molecule has 1 aromatic carbocycles. The number of likely N-dealkylation sites (N-methyl/N-ethyl adjacent to an activating group) is 1. The molecule has 0 radical (unpaired) electrons. The van der Waals surface area contributed by atoms with Crippen molar-refractivity contribution in [3.05, 3.63) is 34.4 Å². The number of hydrogen-bond acceptors (Lipinski definition) is 2. The first-order chi connectivity index (χ1) is 8.25. The number of aromatic amines is 1. The van der Waals surface area contributed by atoms with E-state index in [9.17, 15) is 0 Å². The van der Waals surface area contributed by atoms with Crippen LogP contribution in [-0.2, 0) is 0 Å². The van der Waals surface area contributed by atoms with Crippen molar-refractivity contribution in [2.45, 2.75) is 6.04 Å². The van der Waals surface area contributed by atoms with Gasteiger partial charge in [0.1, 0.15) is 0 Å². The predicted molar refractivity (Wildman–Crippen MR) is 74.2 cm³/mol. The molecule has 3 nitrogen and oxygen atoms in total. The first-order valence-electron chi connectivity index (χ1n) is 5.93. The van der Waals surface area contributed by atoms with Crippen LogP contribution in [0.4, 0.5) is 0 Å². The third-order valence-corrected chi connectivity index (χ3v) is 4.04. The summed E-state index contributed by atoms with van der Waals surface area (Å²) < 4.78 is 1.12. The van der Waals surface area contributed by atoms with Crippen LogP contribution < -0.4 is 5.32 Å². The maximum atomic E-state index is 3.51. The third kappa shape index (κ3) is 2.01. The molecular formula is C13H16BrN3. The number of H-pyrrole nitrogens is 1. The third-order valence-electron chi connectivity index (χ3n) is 3.55. The van der Waals surface area contributed by atoms with Crippen LogP contribution in [0, 0.1) is 0 Å². The van der Waals surface area contributed by atoms with Crippen LogP contribution in [0.1, 0.15) is 11.6 Å². The van der Waals surface area contributed by atoms with Crippen molar-refractivity contribution in [2.24, 2.45) is 0 Å². The van der Waals surface area contributed by atoms with Gasteiger partial charge in [-0.25, -0.2) is 0 Å². The second kappa shape index (κ2) is 4.44. The van der Waals surface area contributed by atoms with Crippen LogP contribution in [0.3, 0.4) is 0 Å². The Morgan fingerprint density at radius 1 is 1.41 bits per heavy atom. The Morgan fingerprint density at radius 3 is 3.12 bits per heavy atom. The highest BCUT2D eigenvalue weighted by Crippen LogP contribution is 2.29. The number of nitrogens with zero attached hydrogens (tertiary/aromatic N) is 1. The minimum atomic E-state index is 0.471. The number of fused-ring (bicyclic) bond motifs is 1. The average Bonchev–Trinajstić information content (AvgIpc) is 2.72. The smallest absolute Gasteiger partial charge is 0.0491 e. The van der Waals surface area contributed by atoms with E-state index in [-0.39, 0.29) is 0 Å². The largest absolute Gasteiger partial charge is 0.361 e. The molecule has 1 unspecified atom stereocenters. The highest BCUT2D eigenvalue weighted by molar-refractivity contribution is 9.10. The van der Waals surface area contributed by atoms with Crippen LogP contribution >= 0.6 is 15.9 Å². The molecule has 17 heavy (non-hydrogen) atoms. The fourth-order valence-electron chi connectivity index (χ4n) is 2.55. The van der Waals surface area contributed by atoms with Crippen molar-refractivity contribution in [2.75, 3.05) is 26.7 Å². The summed E-state index contributed by atoms with van der Waals surface area (Å²) in [6, 6.07) is 6.90. The molecule has 0 amide bonds. The topological polar surface area (TPSA) is 31.1 Å². The van der Waals surface area contributed by atoms with E-state index in [2.05, 4.69) is 62.6 Å². The van der Waals surface area contributed by atoms with Gasteiger partial charge in [-0.05, 0) is 24.7 Å². The molecule has 2 N–H and O–H groups in total. The number of halogens is 1. The maximum Gasteiger partial charge on any atom is 0.0491 e. The normalized spacial score (nSPS) is 22.1. The van der Waals surface area contributed by atoms with Gasteiger partial charge < -0.3 is 10.3 Å². The Hall–Kier alpha value is -0.840. The van der Waals surface area contributed by atoms with Gasteiger partial charge >= 0.3 is 0 Å². The molecule has 1 saturated heterocycles. The van der Waals surface area contributed by atoms with Crippen molar-refractivity contribution in [1.82, 2.24) is 15.2 Å². The Balaban J connectivity index is 2.05. The summed E-state index contributed by atoms with van der Waals surface area (Å²) >= 11 is 3.51. The molecule has 0 saturated carbocycles. The number of piperazine rings is 1. The van der Waals surface area contributed by atoms with Crippen molar-refractivity contribution < 1.29 is 0 Å². The zero-order valence-electron chi connectivity index (χ0n) is 9.83. The van der Waals surface area contributed by atoms with Gasteiger partial charge in [0.05, 0.1) is 0 Å². The van der Waals surface area contributed by atoms with E-state index in [1.54, 1.807) is 0 Å². The van der Waals surface area contributed by atoms with E-state index in [0.29, 0.717) is 6.04 Å². The van der Waals surface area contributed by atoms with Crippen molar-refractivity contribution in [3.63, 3.8) is 0 Å². The highest BCUT2D eigenvalue weighted by Gasteiger charge is 2.22. The average molecular weight is 294 g/mol. The van der Waals surface area contributed by atoms with E-state index >= 15 is 0 Å². The molecule has 1 aliphatic rings. The van der Waals surface area contributed by atoms with Gasteiger partial charge in [0, 0.05) is 47.2 Å². The van der Waals surface area contributed by atoms with Gasteiger partial charge in [-0.3, -0.25) is 4.90 Å². The van der Waals surface area contributed by atoms with Crippen LogP contribution in [0.2, 0.25) is 0 Å². The summed E-state index contributed by atoms with van der Waals surface area (Å²) in [5.74, 6) is 0. The lowest BCUT2D eigenvalue weighted by atomic mass is 10.0. The summed E-state index contributed by atoms with van der Waals surface area (Å²) in [5, 5.41) is 4.79. The Kier molecular flexibility index (Phi) is 2.94. The first kappa shape index (κ1) is 11.3. The lowest BCUT2D eigenvalue weighted by Crippen LogP contribution is -2.43. The summed E-state index contributed by atoms with van der Waals surface area (Å²) in [4.78, 5) is 5.78. The summed E-state index contributed by atoms with van der Waals surface area (Å²) in [6.07, 6.45) is 2.14. The van der Waals surface area contributed by atoms with Crippen molar-refractivity contribution >= 4 is 26.8 Å². The van der Waals surface area contributed by atoms with E-state index in [1.807, 2.05) is 0 Å². The predicted octanol–water partition coefficient (Wildman–Crippen LogP) is 2.51. The molecule has 2 heterocycles. The Morgan fingerprint density at radius 2 is 2.29 bits per heavy atom. The van der Waals surface area contributed by atoms with Crippen molar-refractivity contribution in [1.29, 1.82) is 0 Å². The first-order valence-corrected chi connectivity index (χ1v) is 6.72. The van der Waals surface area contributed by atoms with Crippen LogP contribution in [0.5, 0.6) is 0 Å². The molecule has 3 rings (SSSR count). The SMILES string of the molecule is CN1CCNCC1c1c[nH]c2cc(Br)ccc12. The Labute approximate surface area is 109 Å². The molecule has 1 aliphatic heterocycles. The molecule has 1 atom stereocenters. The zero-order valence-corrected chi connectivity index (χ0v) is 11.4. The minimum absolute atomic E-state index is 0.471. The number of rotatable bonds is 1. The summed E-state index contributed by atoms with van der Waals surface area (Å²) in [7, 11) is 2.20. The number of aromatic nitrogens is 1. The second-order valence-corrected chi connectivity index (χ2v) is 5.55. The summed E-state index contributed by atoms with van der Waals surface area (Å²) in [6.45, 7) is 3.22. The molecular weight excluding hydrogens is 278 g/mol. The minimum Gasteiger partial charge on any atom is -0.361 e. The molecule has 1 aromatic heterocycles. The lowest BCUT2D eigenvalue weighted by molar-refractivity contribution is 0.203.